The Morgan fingerprint density at radius 1 is 0.500 bits per heavy atom. The molecule has 0 atom stereocenters. The molecule has 0 nitrogen and oxygen atoms in total. The second kappa shape index (κ2) is 6.90. The summed E-state index contributed by atoms with van der Waals surface area (Å²) in [5.41, 5.74) is 0. The number of hydrogen-bond donors (Lipinski definition) is 0. The van der Waals surface area contributed by atoms with Gasteiger partial charge in [-0.3, -0.25) is 0 Å². The highest BCUT2D eigenvalue weighted by molar-refractivity contribution is 4.95. The molecule has 0 heterocycles. The van der Waals surface area contributed by atoms with Gasteiger partial charge in [-0.2, -0.15) is 0 Å². The van der Waals surface area contributed by atoms with Crippen LogP contribution in [0, 0.1) is 0 Å². The zero-order chi connectivity index (χ0) is 8.49. The minimum absolute atomic E-state index is 1.11. The van der Waals surface area contributed by atoms with Gasteiger partial charge < -0.3 is 0 Å². The molecule has 1 aliphatic rings. The summed E-state index contributed by atoms with van der Waals surface area (Å²) in [6, 6.07) is 0. The molecule has 0 fully saturated rings. The van der Waals surface area contributed by atoms with Gasteiger partial charge in [-0.15, -0.1) is 0 Å². The summed E-state index contributed by atoms with van der Waals surface area (Å²) in [4.78, 5) is 0. The lowest BCUT2D eigenvalue weighted by atomic mass is 10.1. The van der Waals surface area contributed by atoms with Crippen molar-refractivity contribution in [2.24, 2.45) is 0 Å². The molecule has 0 saturated carbocycles. The van der Waals surface area contributed by atoms with Crippen LogP contribution in [0.5, 0.6) is 0 Å². The van der Waals surface area contributed by atoms with E-state index in [1.165, 1.54) is 32.1 Å². The summed E-state index contributed by atoms with van der Waals surface area (Å²) < 4.78 is 0. The van der Waals surface area contributed by atoms with Crippen molar-refractivity contribution in [3.63, 3.8) is 0 Å². The maximum absolute atomic E-state index is 2.31. The number of rotatable bonds is 0. The van der Waals surface area contributed by atoms with Crippen LogP contribution in [0.3, 0.4) is 0 Å². The van der Waals surface area contributed by atoms with Crippen LogP contribution in [-0.2, 0) is 0 Å². The Balaban J connectivity index is 2.30. The lowest BCUT2D eigenvalue weighted by Gasteiger charge is -1.92. The SMILES string of the molecule is C1=CCCC/C=C\CC/C=C\C1. The normalized spacial score (nSPS) is 25.3. The molecule has 0 aromatic rings. The van der Waals surface area contributed by atoms with Gasteiger partial charge in [0, 0.05) is 0 Å². The molecule has 0 spiro atoms. The third kappa shape index (κ3) is 4.95. The fourth-order valence-electron chi connectivity index (χ4n) is 1.29. The van der Waals surface area contributed by atoms with E-state index in [0.717, 1.165) is 6.42 Å². The zero-order valence-corrected chi connectivity index (χ0v) is 7.71. The molecule has 0 N–H and O–H groups in total. The second-order valence-electron chi connectivity index (χ2n) is 3.16. The van der Waals surface area contributed by atoms with Gasteiger partial charge in [0.2, 0.25) is 0 Å². The predicted octanol–water partition coefficient (Wildman–Crippen LogP) is 4.01. The molecular formula is C12H18. The van der Waals surface area contributed by atoms with Gasteiger partial charge >= 0.3 is 0 Å². The molecular weight excluding hydrogens is 144 g/mol. The van der Waals surface area contributed by atoms with Crippen LogP contribution in [0.2, 0.25) is 0 Å². The van der Waals surface area contributed by atoms with Gasteiger partial charge in [0.25, 0.3) is 0 Å². The van der Waals surface area contributed by atoms with Crippen molar-refractivity contribution in [1.29, 1.82) is 0 Å². The minimum atomic E-state index is 1.11. The molecule has 1 aliphatic carbocycles. The van der Waals surface area contributed by atoms with E-state index in [4.69, 9.17) is 0 Å². The smallest absolute Gasteiger partial charge is 0.0169 e. The van der Waals surface area contributed by atoms with Crippen LogP contribution >= 0.6 is 0 Å². The minimum Gasteiger partial charge on any atom is -0.0885 e. The van der Waals surface area contributed by atoms with Crippen LogP contribution < -0.4 is 0 Å². The third-order valence-electron chi connectivity index (χ3n) is 2.01. The quantitative estimate of drug-likeness (QED) is 0.472. The molecule has 0 bridgehead atoms. The fraction of sp³-hybridized carbons (Fsp3) is 0.500. The Labute approximate surface area is 75.7 Å². The zero-order valence-electron chi connectivity index (χ0n) is 7.71. The molecule has 12 heavy (non-hydrogen) atoms. The molecule has 0 heteroatoms. The van der Waals surface area contributed by atoms with E-state index >= 15 is 0 Å². The Bertz CT molecular complexity index is 172. The van der Waals surface area contributed by atoms with Gasteiger partial charge in [0.15, 0.2) is 0 Å². The van der Waals surface area contributed by atoms with E-state index in [0.29, 0.717) is 0 Å². The van der Waals surface area contributed by atoms with Gasteiger partial charge in [-0.25, -0.2) is 0 Å². The molecule has 0 amide bonds. The maximum atomic E-state index is 2.31. The van der Waals surface area contributed by atoms with Crippen LogP contribution in [0.1, 0.15) is 38.5 Å². The first-order valence-corrected chi connectivity index (χ1v) is 4.95. The highest BCUT2D eigenvalue weighted by atomic mass is 13.9. The second-order valence-corrected chi connectivity index (χ2v) is 3.16. The summed E-state index contributed by atoms with van der Waals surface area (Å²) >= 11 is 0. The van der Waals surface area contributed by atoms with E-state index in [2.05, 4.69) is 36.5 Å². The van der Waals surface area contributed by atoms with Crippen LogP contribution in [-0.4, -0.2) is 0 Å². The standard InChI is InChI=1S/C12H18/c1-2-4-6-8-10-12-11-9-7-5-3-1/h1-2,5,7-8,10H,3-4,6,9,11-12H2/b2-1-,7-5?,10-8-. The van der Waals surface area contributed by atoms with E-state index in [9.17, 15) is 0 Å². The summed E-state index contributed by atoms with van der Waals surface area (Å²) in [6.07, 6.45) is 21.0. The van der Waals surface area contributed by atoms with Crippen molar-refractivity contribution >= 4 is 0 Å². The van der Waals surface area contributed by atoms with Gasteiger partial charge in [-0.05, 0) is 38.5 Å². The van der Waals surface area contributed by atoms with Crippen molar-refractivity contribution < 1.29 is 0 Å². The van der Waals surface area contributed by atoms with Crippen molar-refractivity contribution in [2.75, 3.05) is 0 Å². The largest absolute Gasteiger partial charge is 0.0885 e. The number of hydrogen-bond acceptors (Lipinski definition) is 0. The predicted molar refractivity (Wildman–Crippen MR) is 55.1 cm³/mol. The van der Waals surface area contributed by atoms with Crippen molar-refractivity contribution in [3.8, 4) is 0 Å². The van der Waals surface area contributed by atoms with Crippen molar-refractivity contribution in [1.82, 2.24) is 0 Å². The fourth-order valence-corrected chi connectivity index (χ4v) is 1.29. The molecule has 0 aromatic carbocycles. The van der Waals surface area contributed by atoms with Crippen LogP contribution in [0.4, 0.5) is 0 Å². The van der Waals surface area contributed by atoms with Gasteiger partial charge in [0.05, 0.1) is 0 Å². The topological polar surface area (TPSA) is 0 Å². The molecule has 1 rings (SSSR count). The first-order valence-electron chi connectivity index (χ1n) is 4.95. The van der Waals surface area contributed by atoms with Crippen LogP contribution in [0.25, 0.3) is 0 Å². The molecule has 66 valence electrons. The highest BCUT2D eigenvalue weighted by Crippen LogP contribution is 2.03. The summed E-state index contributed by atoms with van der Waals surface area (Å²) in [5, 5.41) is 0. The monoisotopic (exact) mass is 162 g/mol. The van der Waals surface area contributed by atoms with Gasteiger partial charge in [0.1, 0.15) is 0 Å². The highest BCUT2D eigenvalue weighted by Gasteiger charge is 1.82. The average molecular weight is 162 g/mol. The maximum Gasteiger partial charge on any atom is -0.0169 e. The third-order valence-corrected chi connectivity index (χ3v) is 2.01. The first kappa shape index (κ1) is 9.31. The van der Waals surface area contributed by atoms with Crippen molar-refractivity contribution in [3.05, 3.63) is 36.5 Å². The van der Waals surface area contributed by atoms with E-state index < -0.39 is 0 Å². The Kier molecular flexibility index (Phi) is 5.35. The van der Waals surface area contributed by atoms with Gasteiger partial charge in [-0.1, -0.05) is 36.5 Å². The number of allylic oxidation sites excluding steroid dienone is 6. The lowest BCUT2D eigenvalue weighted by molar-refractivity contribution is 0.859. The summed E-state index contributed by atoms with van der Waals surface area (Å²) in [5.74, 6) is 0. The summed E-state index contributed by atoms with van der Waals surface area (Å²) in [6.45, 7) is 0. The average Bonchev–Trinajstić information content (AvgIpc) is 2.05. The Morgan fingerprint density at radius 2 is 1.00 bits per heavy atom. The molecule has 0 saturated heterocycles. The Morgan fingerprint density at radius 3 is 1.75 bits per heavy atom. The molecule has 0 aromatic heterocycles. The van der Waals surface area contributed by atoms with Crippen molar-refractivity contribution in [2.45, 2.75) is 38.5 Å². The van der Waals surface area contributed by atoms with Crippen LogP contribution in [0.15, 0.2) is 36.5 Å². The Hall–Kier alpha value is -0.780. The lowest BCUT2D eigenvalue weighted by Crippen LogP contribution is -1.72. The first-order chi connectivity index (χ1) is 6.00. The molecule has 0 radical (unpaired) electrons. The molecule has 0 aliphatic heterocycles. The summed E-state index contributed by atoms with van der Waals surface area (Å²) in [7, 11) is 0. The molecule has 0 unspecified atom stereocenters. The van der Waals surface area contributed by atoms with E-state index in [-0.39, 0.29) is 0 Å². The van der Waals surface area contributed by atoms with E-state index in [1.807, 2.05) is 0 Å². The van der Waals surface area contributed by atoms with E-state index in [1.54, 1.807) is 0 Å².